The summed E-state index contributed by atoms with van der Waals surface area (Å²) < 4.78 is 0. The molecular weight excluding hydrogens is 188 g/mol. The Morgan fingerprint density at radius 3 is 2.67 bits per heavy atom. The normalized spacial score (nSPS) is 33.3. The summed E-state index contributed by atoms with van der Waals surface area (Å²) in [6.45, 7) is 6.49. The zero-order valence-electron chi connectivity index (χ0n) is 10.1. The van der Waals surface area contributed by atoms with E-state index in [1.165, 1.54) is 12.8 Å². The van der Waals surface area contributed by atoms with Crippen molar-refractivity contribution in [2.75, 3.05) is 20.1 Å². The lowest BCUT2D eigenvalue weighted by Crippen LogP contribution is -2.42. The first-order valence-corrected chi connectivity index (χ1v) is 6.10. The zero-order chi connectivity index (χ0) is 11.0. The van der Waals surface area contributed by atoms with Crippen LogP contribution in [-0.4, -0.2) is 47.9 Å². The highest BCUT2D eigenvalue weighted by atomic mass is 16.2. The summed E-state index contributed by atoms with van der Waals surface area (Å²) in [4.78, 5) is 16.6. The van der Waals surface area contributed by atoms with Crippen LogP contribution in [0.5, 0.6) is 0 Å². The van der Waals surface area contributed by atoms with Gasteiger partial charge < -0.3 is 4.90 Å². The summed E-state index contributed by atoms with van der Waals surface area (Å²) in [6, 6.07) is 1.01. The van der Waals surface area contributed by atoms with Crippen molar-refractivity contribution in [2.24, 2.45) is 5.92 Å². The first kappa shape index (κ1) is 10.9. The predicted molar refractivity (Wildman–Crippen MR) is 60.6 cm³/mol. The highest BCUT2D eigenvalue weighted by molar-refractivity contribution is 5.79. The van der Waals surface area contributed by atoms with E-state index in [0.29, 0.717) is 18.0 Å². The fraction of sp³-hybridized carbons (Fsp3) is 0.917. The van der Waals surface area contributed by atoms with Crippen molar-refractivity contribution in [3.8, 4) is 0 Å². The minimum absolute atomic E-state index is 0.255. The van der Waals surface area contributed by atoms with Crippen LogP contribution in [0.2, 0.25) is 0 Å². The monoisotopic (exact) mass is 210 g/mol. The van der Waals surface area contributed by atoms with Crippen LogP contribution in [0, 0.1) is 5.92 Å². The summed E-state index contributed by atoms with van der Waals surface area (Å²) in [5.41, 5.74) is 0. The molecule has 0 spiro atoms. The lowest BCUT2D eigenvalue weighted by atomic mass is 9.98. The van der Waals surface area contributed by atoms with E-state index in [4.69, 9.17) is 0 Å². The van der Waals surface area contributed by atoms with Gasteiger partial charge in [0.2, 0.25) is 5.91 Å². The SMILES string of the molecule is CC(C)N1CC2CCCC(C1)N(C)C2=O. The Morgan fingerprint density at radius 2 is 2.00 bits per heavy atom. The fourth-order valence-corrected chi connectivity index (χ4v) is 2.82. The van der Waals surface area contributed by atoms with Crippen LogP contribution in [-0.2, 0) is 4.79 Å². The number of likely N-dealkylation sites (tertiary alicyclic amines) is 1. The summed E-state index contributed by atoms with van der Waals surface area (Å²) in [5, 5.41) is 0. The van der Waals surface area contributed by atoms with Crippen molar-refractivity contribution < 1.29 is 4.79 Å². The molecule has 0 aromatic carbocycles. The van der Waals surface area contributed by atoms with Gasteiger partial charge in [0.25, 0.3) is 0 Å². The molecule has 3 heteroatoms. The number of carbonyl (C=O) groups is 1. The first-order valence-electron chi connectivity index (χ1n) is 6.10. The lowest BCUT2D eigenvalue weighted by molar-refractivity contribution is -0.134. The third-order valence-electron chi connectivity index (χ3n) is 3.96. The average Bonchev–Trinajstić information content (AvgIpc) is 2.33. The summed E-state index contributed by atoms with van der Waals surface area (Å²) in [5.74, 6) is 0.630. The highest BCUT2D eigenvalue weighted by Gasteiger charge is 2.36. The Morgan fingerprint density at radius 1 is 1.27 bits per heavy atom. The van der Waals surface area contributed by atoms with Crippen LogP contribution in [0.4, 0.5) is 0 Å². The number of hydrogen-bond donors (Lipinski definition) is 0. The Labute approximate surface area is 92.4 Å². The van der Waals surface area contributed by atoms with E-state index in [1.807, 2.05) is 11.9 Å². The van der Waals surface area contributed by atoms with Crippen LogP contribution >= 0.6 is 0 Å². The van der Waals surface area contributed by atoms with Gasteiger partial charge in [0, 0.05) is 32.2 Å². The average molecular weight is 210 g/mol. The molecule has 1 amide bonds. The number of hydrogen-bond acceptors (Lipinski definition) is 2. The van der Waals surface area contributed by atoms with Crippen LogP contribution < -0.4 is 0 Å². The second kappa shape index (κ2) is 4.12. The molecule has 15 heavy (non-hydrogen) atoms. The molecule has 2 bridgehead atoms. The minimum Gasteiger partial charge on any atom is -0.341 e. The molecule has 0 saturated carbocycles. The van der Waals surface area contributed by atoms with E-state index in [2.05, 4.69) is 18.7 Å². The van der Waals surface area contributed by atoms with Crippen molar-refractivity contribution in [1.29, 1.82) is 0 Å². The second-order valence-corrected chi connectivity index (χ2v) is 5.28. The molecule has 2 heterocycles. The van der Waals surface area contributed by atoms with Crippen molar-refractivity contribution in [1.82, 2.24) is 9.80 Å². The van der Waals surface area contributed by atoms with E-state index >= 15 is 0 Å². The Kier molecular flexibility index (Phi) is 3.01. The van der Waals surface area contributed by atoms with E-state index in [0.717, 1.165) is 19.5 Å². The maximum absolute atomic E-state index is 12.1. The molecule has 2 rings (SSSR count). The third kappa shape index (κ3) is 2.03. The van der Waals surface area contributed by atoms with Gasteiger partial charge in [-0.2, -0.15) is 0 Å². The molecule has 0 aromatic rings. The van der Waals surface area contributed by atoms with Gasteiger partial charge in [-0.05, 0) is 26.7 Å². The van der Waals surface area contributed by atoms with Gasteiger partial charge in [0.15, 0.2) is 0 Å². The molecule has 2 atom stereocenters. The molecule has 0 aliphatic carbocycles. The van der Waals surface area contributed by atoms with E-state index in [1.54, 1.807) is 0 Å². The van der Waals surface area contributed by atoms with Gasteiger partial charge in [-0.15, -0.1) is 0 Å². The largest absolute Gasteiger partial charge is 0.341 e. The van der Waals surface area contributed by atoms with Crippen molar-refractivity contribution in [3.63, 3.8) is 0 Å². The number of nitrogens with zero attached hydrogens (tertiary/aromatic N) is 2. The van der Waals surface area contributed by atoms with Crippen molar-refractivity contribution >= 4 is 5.91 Å². The minimum atomic E-state index is 0.255. The van der Waals surface area contributed by atoms with Crippen molar-refractivity contribution in [3.05, 3.63) is 0 Å². The van der Waals surface area contributed by atoms with E-state index < -0.39 is 0 Å². The molecular formula is C12H22N2O. The molecule has 3 nitrogen and oxygen atoms in total. The summed E-state index contributed by atoms with van der Waals surface area (Å²) in [7, 11) is 1.98. The topological polar surface area (TPSA) is 23.6 Å². The standard InChI is InChI=1S/C12H22N2O/c1-9(2)14-7-10-5-4-6-11(8-14)13(3)12(10)15/h9-11H,4-8H2,1-3H3. The van der Waals surface area contributed by atoms with Gasteiger partial charge in [-0.25, -0.2) is 0 Å². The van der Waals surface area contributed by atoms with Crippen LogP contribution in [0.25, 0.3) is 0 Å². The van der Waals surface area contributed by atoms with Crippen LogP contribution in [0.15, 0.2) is 0 Å². The molecule has 2 saturated heterocycles. The van der Waals surface area contributed by atoms with Gasteiger partial charge >= 0.3 is 0 Å². The molecule has 0 N–H and O–H groups in total. The number of rotatable bonds is 1. The molecule has 2 aliphatic rings. The van der Waals surface area contributed by atoms with E-state index in [-0.39, 0.29) is 5.92 Å². The smallest absolute Gasteiger partial charge is 0.227 e. The van der Waals surface area contributed by atoms with Gasteiger partial charge in [-0.3, -0.25) is 9.69 Å². The quantitative estimate of drug-likeness (QED) is 0.652. The second-order valence-electron chi connectivity index (χ2n) is 5.28. The molecule has 2 aliphatic heterocycles. The van der Waals surface area contributed by atoms with Gasteiger partial charge in [0.1, 0.15) is 0 Å². The molecule has 0 radical (unpaired) electrons. The van der Waals surface area contributed by atoms with Gasteiger partial charge in [-0.1, -0.05) is 6.42 Å². The highest BCUT2D eigenvalue weighted by Crippen LogP contribution is 2.27. The molecule has 2 fully saturated rings. The number of likely N-dealkylation sites (N-methyl/N-ethyl adjacent to an activating group) is 1. The number of carbonyl (C=O) groups excluding carboxylic acids is 1. The fourth-order valence-electron chi connectivity index (χ4n) is 2.82. The lowest BCUT2D eigenvalue weighted by Gasteiger charge is -2.31. The predicted octanol–water partition coefficient (Wildman–Crippen LogP) is 1.34. The third-order valence-corrected chi connectivity index (χ3v) is 3.96. The first-order chi connectivity index (χ1) is 7.09. The molecule has 2 unspecified atom stereocenters. The van der Waals surface area contributed by atoms with Crippen LogP contribution in [0.3, 0.4) is 0 Å². The summed E-state index contributed by atoms with van der Waals surface area (Å²) >= 11 is 0. The number of amides is 1. The maximum Gasteiger partial charge on any atom is 0.227 e. The Bertz CT molecular complexity index is 252. The Hall–Kier alpha value is -0.570. The molecule has 0 aromatic heterocycles. The van der Waals surface area contributed by atoms with Crippen LogP contribution in [0.1, 0.15) is 33.1 Å². The van der Waals surface area contributed by atoms with Crippen molar-refractivity contribution in [2.45, 2.75) is 45.2 Å². The van der Waals surface area contributed by atoms with Gasteiger partial charge in [0.05, 0.1) is 5.92 Å². The van der Waals surface area contributed by atoms with E-state index in [9.17, 15) is 4.79 Å². The summed E-state index contributed by atoms with van der Waals surface area (Å²) in [6.07, 6.45) is 3.49. The number of fused-ring (bicyclic) bond motifs is 3. The Balaban J connectivity index is 2.21. The maximum atomic E-state index is 12.1. The zero-order valence-corrected chi connectivity index (χ0v) is 10.1. The molecule has 86 valence electrons.